The summed E-state index contributed by atoms with van der Waals surface area (Å²) in [6.45, 7) is 7.84. The molecule has 6 heteroatoms. The molecule has 2 saturated heterocycles. The van der Waals surface area contributed by atoms with E-state index in [1.54, 1.807) is 11.3 Å². The summed E-state index contributed by atoms with van der Waals surface area (Å²) in [5.74, 6) is 1.41. The molecule has 1 atom stereocenters. The van der Waals surface area contributed by atoms with Gasteiger partial charge in [0.05, 0.1) is 13.2 Å². The summed E-state index contributed by atoms with van der Waals surface area (Å²) in [4.78, 5) is 2.41. The van der Waals surface area contributed by atoms with Gasteiger partial charge in [0, 0.05) is 32.2 Å². The smallest absolute Gasteiger partial charge is 0.208 e. The lowest BCUT2D eigenvalue weighted by Crippen LogP contribution is -2.49. The van der Waals surface area contributed by atoms with E-state index in [0.29, 0.717) is 11.3 Å². The number of hydrogen-bond acceptors (Lipinski definition) is 6. The molecule has 0 aromatic carbocycles. The summed E-state index contributed by atoms with van der Waals surface area (Å²) in [5.41, 5.74) is 0.415. The van der Waals surface area contributed by atoms with Gasteiger partial charge in [0.25, 0.3) is 0 Å². The second kappa shape index (κ2) is 6.65. The first-order chi connectivity index (χ1) is 11.3. The van der Waals surface area contributed by atoms with Crippen LogP contribution in [0, 0.1) is 24.2 Å². The van der Waals surface area contributed by atoms with Crippen molar-refractivity contribution in [1.29, 1.82) is 0 Å². The van der Waals surface area contributed by atoms with Gasteiger partial charge in [-0.15, -0.1) is 10.2 Å². The standard InChI is InChI=1S/C17H27N3O2S/c1-13-18-19-16(23-13)20-7-4-17(5-8-20)6-9-21-11-15(17)12-22-10-14-2-3-14/h14-15H,2-12H2,1H3/t15-/m0/s1. The van der Waals surface area contributed by atoms with Gasteiger partial charge in [-0.2, -0.15) is 0 Å². The number of aryl methyl sites for hydroxylation is 1. The van der Waals surface area contributed by atoms with Crippen LogP contribution in [0.3, 0.4) is 0 Å². The number of rotatable bonds is 5. The molecular weight excluding hydrogens is 310 g/mol. The molecule has 3 heterocycles. The summed E-state index contributed by atoms with van der Waals surface area (Å²) in [7, 11) is 0. The summed E-state index contributed by atoms with van der Waals surface area (Å²) < 4.78 is 11.8. The third kappa shape index (κ3) is 3.54. The second-order valence-electron chi connectivity index (χ2n) is 7.46. The Labute approximate surface area is 142 Å². The SMILES string of the molecule is Cc1nnc(N2CCC3(CCOC[C@H]3COCC3CC3)CC2)s1. The summed E-state index contributed by atoms with van der Waals surface area (Å²) in [6, 6.07) is 0. The molecule has 1 aromatic rings. The maximum absolute atomic E-state index is 6.03. The zero-order valence-electron chi connectivity index (χ0n) is 14.0. The normalized spacial score (nSPS) is 27.5. The topological polar surface area (TPSA) is 47.5 Å². The van der Waals surface area contributed by atoms with E-state index in [1.165, 1.54) is 32.1 Å². The number of ether oxygens (including phenoxy) is 2. The van der Waals surface area contributed by atoms with E-state index in [9.17, 15) is 0 Å². The molecule has 0 amide bonds. The first kappa shape index (κ1) is 15.8. The van der Waals surface area contributed by atoms with Crippen LogP contribution in [0.25, 0.3) is 0 Å². The fraction of sp³-hybridized carbons (Fsp3) is 0.882. The molecule has 1 aromatic heterocycles. The lowest BCUT2D eigenvalue weighted by atomic mass is 9.66. The molecule has 0 bridgehead atoms. The van der Waals surface area contributed by atoms with Gasteiger partial charge >= 0.3 is 0 Å². The third-order valence-electron chi connectivity index (χ3n) is 5.84. The van der Waals surface area contributed by atoms with Gasteiger partial charge in [0.1, 0.15) is 5.01 Å². The van der Waals surface area contributed by atoms with E-state index in [4.69, 9.17) is 9.47 Å². The van der Waals surface area contributed by atoms with Gasteiger partial charge in [-0.05, 0) is 50.4 Å². The number of anilines is 1. The molecule has 128 valence electrons. The molecule has 3 fully saturated rings. The summed E-state index contributed by atoms with van der Waals surface area (Å²) in [5, 5.41) is 10.6. The monoisotopic (exact) mass is 337 g/mol. The largest absolute Gasteiger partial charge is 0.381 e. The average Bonchev–Trinajstić information content (AvgIpc) is 3.29. The molecule has 0 radical (unpaired) electrons. The first-order valence-corrected chi connectivity index (χ1v) is 9.77. The van der Waals surface area contributed by atoms with Crippen molar-refractivity contribution in [2.45, 2.75) is 39.0 Å². The van der Waals surface area contributed by atoms with Gasteiger partial charge in [-0.25, -0.2) is 0 Å². The van der Waals surface area contributed by atoms with Crippen LogP contribution < -0.4 is 4.90 Å². The Morgan fingerprint density at radius 1 is 1.22 bits per heavy atom. The molecule has 23 heavy (non-hydrogen) atoms. The van der Waals surface area contributed by atoms with Gasteiger partial charge in [0.2, 0.25) is 5.13 Å². The quantitative estimate of drug-likeness (QED) is 0.827. The van der Waals surface area contributed by atoms with Gasteiger partial charge in [-0.1, -0.05) is 11.3 Å². The molecule has 1 aliphatic carbocycles. The Morgan fingerprint density at radius 3 is 2.74 bits per heavy atom. The van der Waals surface area contributed by atoms with Crippen LogP contribution in [0.1, 0.15) is 37.1 Å². The third-order valence-corrected chi connectivity index (χ3v) is 6.74. The van der Waals surface area contributed by atoms with Crippen molar-refractivity contribution in [3.8, 4) is 0 Å². The number of nitrogens with zero attached hydrogens (tertiary/aromatic N) is 3. The van der Waals surface area contributed by atoms with Crippen LogP contribution in [0.2, 0.25) is 0 Å². The van der Waals surface area contributed by atoms with Crippen molar-refractivity contribution in [3.05, 3.63) is 5.01 Å². The lowest BCUT2D eigenvalue weighted by molar-refractivity contribution is -0.0871. The zero-order chi connectivity index (χ0) is 15.7. The molecule has 0 N–H and O–H groups in total. The Hall–Kier alpha value is -0.720. The minimum Gasteiger partial charge on any atom is -0.381 e. The highest BCUT2D eigenvalue weighted by atomic mass is 32.1. The van der Waals surface area contributed by atoms with Gasteiger partial charge < -0.3 is 14.4 Å². The lowest BCUT2D eigenvalue weighted by Gasteiger charge is -2.48. The van der Waals surface area contributed by atoms with Crippen LogP contribution >= 0.6 is 11.3 Å². The number of aromatic nitrogens is 2. The van der Waals surface area contributed by atoms with E-state index in [1.807, 2.05) is 6.92 Å². The molecule has 0 unspecified atom stereocenters. The number of hydrogen-bond donors (Lipinski definition) is 0. The van der Waals surface area contributed by atoms with E-state index in [0.717, 1.165) is 55.6 Å². The summed E-state index contributed by atoms with van der Waals surface area (Å²) in [6.07, 6.45) is 6.37. The van der Waals surface area contributed by atoms with Crippen molar-refractivity contribution in [2.24, 2.45) is 17.3 Å². The highest BCUT2D eigenvalue weighted by Gasteiger charge is 2.44. The Bertz CT molecular complexity index is 524. The highest BCUT2D eigenvalue weighted by molar-refractivity contribution is 7.15. The predicted molar refractivity (Wildman–Crippen MR) is 91.0 cm³/mol. The van der Waals surface area contributed by atoms with Crippen LogP contribution in [-0.4, -0.2) is 49.7 Å². The van der Waals surface area contributed by atoms with Gasteiger partial charge in [0.15, 0.2) is 0 Å². The van der Waals surface area contributed by atoms with E-state index < -0.39 is 0 Å². The van der Waals surface area contributed by atoms with E-state index in [2.05, 4.69) is 15.1 Å². The van der Waals surface area contributed by atoms with Crippen molar-refractivity contribution in [3.63, 3.8) is 0 Å². The molecule has 2 aliphatic heterocycles. The minimum absolute atomic E-state index is 0.415. The van der Waals surface area contributed by atoms with Crippen LogP contribution in [0.5, 0.6) is 0 Å². The second-order valence-corrected chi connectivity index (χ2v) is 8.62. The first-order valence-electron chi connectivity index (χ1n) is 8.96. The van der Waals surface area contributed by atoms with E-state index in [-0.39, 0.29) is 0 Å². The Balaban J connectivity index is 1.35. The molecule has 1 spiro atoms. The Kier molecular flexibility index (Phi) is 4.56. The fourth-order valence-corrected chi connectivity index (χ4v) is 4.72. The van der Waals surface area contributed by atoms with Crippen LogP contribution in [0.15, 0.2) is 0 Å². The maximum Gasteiger partial charge on any atom is 0.208 e. The van der Waals surface area contributed by atoms with Crippen molar-refractivity contribution in [1.82, 2.24) is 10.2 Å². The van der Waals surface area contributed by atoms with Crippen LogP contribution in [0.4, 0.5) is 5.13 Å². The maximum atomic E-state index is 6.03. The van der Waals surface area contributed by atoms with Crippen molar-refractivity contribution in [2.75, 3.05) is 44.4 Å². The number of piperidine rings is 1. The Morgan fingerprint density at radius 2 is 2.04 bits per heavy atom. The molecule has 5 nitrogen and oxygen atoms in total. The van der Waals surface area contributed by atoms with Crippen molar-refractivity contribution < 1.29 is 9.47 Å². The van der Waals surface area contributed by atoms with E-state index >= 15 is 0 Å². The highest BCUT2D eigenvalue weighted by Crippen LogP contribution is 2.45. The molecule has 3 aliphatic rings. The van der Waals surface area contributed by atoms with Crippen LogP contribution in [-0.2, 0) is 9.47 Å². The molecule has 1 saturated carbocycles. The predicted octanol–water partition coefficient (Wildman–Crippen LogP) is 2.90. The fourth-order valence-electron chi connectivity index (χ4n) is 3.98. The zero-order valence-corrected chi connectivity index (χ0v) is 14.8. The molecule has 4 rings (SSSR count). The van der Waals surface area contributed by atoms with Gasteiger partial charge in [-0.3, -0.25) is 0 Å². The van der Waals surface area contributed by atoms with Crippen molar-refractivity contribution >= 4 is 16.5 Å². The average molecular weight is 337 g/mol. The minimum atomic E-state index is 0.415. The summed E-state index contributed by atoms with van der Waals surface area (Å²) >= 11 is 1.71. The molecular formula is C17H27N3O2S.